The van der Waals surface area contributed by atoms with Gasteiger partial charge in [-0.2, -0.15) is 0 Å². The second-order valence-electron chi connectivity index (χ2n) is 4.78. The molecule has 1 amide bonds. The first kappa shape index (κ1) is 12.6. The van der Waals surface area contributed by atoms with E-state index >= 15 is 0 Å². The molecule has 96 valence electrons. The molecule has 0 aliphatic heterocycles. The third-order valence-electron chi connectivity index (χ3n) is 3.39. The van der Waals surface area contributed by atoms with Crippen molar-refractivity contribution < 1.29 is 14.7 Å². The summed E-state index contributed by atoms with van der Waals surface area (Å²) in [5, 5.41) is 11.6. The van der Waals surface area contributed by atoms with Crippen molar-refractivity contribution in [3.05, 3.63) is 35.4 Å². The SMILES string of the molecule is O=C(CC1CCC1)NCc1ccc(C(=O)O)cc1. The lowest BCUT2D eigenvalue weighted by molar-refractivity contribution is -0.122. The van der Waals surface area contributed by atoms with Crippen LogP contribution in [0.15, 0.2) is 24.3 Å². The first-order chi connectivity index (χ1) is 8.65. The highest BCUT2D eigenvalue weighted by atomic mass is 16.4. The van der Waals surface area contributed by atoms with Gasteiger partial charge in [0.05, 0.1) is 5.56 Å². The first-order valence-electron chi connectivity index (χ1n) is 6.24. The van der Waals surface area contributed by atoms with Crippen LogP contribution in [0.5, 0.6) is 0 Å². The van der Waals surface area contributed by atoms with Crippen molar-refractivity contribution >= 4 is 11.9 Å². The van der Waals surface area contributed by atoms with Crippen molar-refractivity contribution in [2.24, 2.45) is 5.92 Å². The molecular formula is C14H17NO3. The third-order valence-corrected chi connectivity index (χ3v) is 3.39. The van der Waals surface area contributed by atoms with Crippen LogP contribution in [0.1, 0.15) is 41.6 Å². The number of benzene rings is 1. The van der Waals surface area contributed by atoms with Gasteiger partial charge in [-0.3, -0.25) is 4.79 Å². The Morgan fingerprint density at radius 3 is 2.39 bits per heavy atom. The van der Waals surface area contributed by atoms with Crippen LogP contribution in [0.2, 0.25) is 0 Å². The Bertz CT molecular complexity index is 435. The fourth-order valence-corrected chi connectivity index (χ4v) is 2.00. The molecule has 0 unspecified atom stereocenters. The molecule has 1 fully saturated rings. The van der Waals surface area contributed by atoms with Crippen molar-refractivity contribution in [1.82, 2.24) is 5.32 Å². The zero-order valence-corrected chi connectivity index (χ0v) is 10.2. The first-order valence-corrected chi connectivity index (χ1v) is 6.24. The van der Waals surface area contributed by atoms with Crippen molar-refractivity contribution in [3.63, 3.8) is 0 Å². The number of hydrogen-bond donors (Lipinski definition) is 2. The molecule has 4 nitrogen and oxygen atoms in total. The van der Waals surface area contributed by atoms with Gasteiger partial charge < -0.3 is 10.4 Å². The smallest absolute Gasteiger partial charge is 0.335 e. The maximum Gasteiger partial charge on any atom is 0.335 e. The molecule has 1 aliphatic carbocycles. The van der Waals surface area contributed by atoms with Crippen LogP contribution in [0.3, 0.4) is 0 Å². The van der Waals surface area contributed by atoms with E-state index in [1.54, 1.807) is 24.3 Å². The van der Waals surface area contributed by atoms with E-state index in [9.17, 15) is 9.59 Å². The van der Waals surface area contributed by atoms with E-state index in [2.05, 4.69) is 5.32 Å². The minimum absolute atomic E-state index is 0.0852. The Morgan fingerprint density at radius 1 is 1.22 bits per heavy atom. The van der Waals surface area contributed by atoms with Crippen LogP contribution in [0.4, 0.5) is 0 Å². The third kappa shape index (κ3) is 3.32. The van der Waals surface area contributed by atoms with Crippen LogP contribution < -0.4 is 5.32 Å². The number of aromatic carboxylic acids is 1. The number of nitrogens with one attached hydrogen (secondary N) is 1. The van der Waals surface area contributed by atoms with Gasteiger partial charge in [-0.1, -0.05) is 18.6 Å². The summed E-state index contributed by atoms with van der Waals surface area (Å²) in [7, 11) is 0. The largest absolute Gasteiger partial charge is 0.478 e. The van der Waals surface area contributed by atoms with Crippen LogP contribution in [0.25, 0.3) is 0 Å². The zero-order valence-electron chi connectivity index (χ0n) is 10.2. The molecule has 0 spiro atoms. The number of hydrogen-bond acceptors (Lipinski definition) is 2. The highest BCUT2D eigenvalue weighted by Gasteiger charge is 2.20. The molecule has 0 saturated heterocycles. The fourth-order valence-electron chi connectivity index (χ4n) is 2.00. The summed E-state index contributed by atoms with van der Waals surface area (Å²) >= 11 is 0. The second kappa shape index (κ2) is 5.67. The average molecular weight is 247 g/mol. The molecule has 1 saturated carbocycles. The summed E-state index contributed by atoms with van der Waals surface area (Å²) in [4.78, 5) is 22.3. The summed E-state index contributed by atoms with van der Waals surface area (Å²) in [5.74, 6) is -0.281. The molecule has 0 heterocycles. The van der Waals surface area contributed by atoms with Gasteiger partial charge in [0, 0.05) is 13.0 Å². The minimum Gasteiger partial charge on any atom is -0.478 e. The molecule has 0 bridgehead atoms. The van der Waals surface area contributed by atoms with Gasteiger partial charge in [-0.25, -0.2) is 4.79 Å². The average Bonchev–Trinajstić information content (AvgIpc) is 2.32. The van der Waals surface area contributed by atoms with Crippen molar-refractivity contribution in [1.29, 1.82) is 0 Å². The maximum absolute atomic E-state index is 11.6. The predicted molar refractivity (Wildman–Crippen MR) is 67.2 cm³/mol. The number of carboxylic acid groups (broad SMARTS) is 1. The van der Waals surface area contributed by atoms with Gasteiger partial charge in [0.2, 0.25) is 5.91 Å². The fraction of sp³-hybridized carbons (Fsp3) is 0.429. The lowest BCUT2D eigenvalue weighted by Gasteiger charge is -2.24. The van der Waals surface area contributed by atoms with E-state index in [1.165, 1.54) is 19.3 Å². The normalized spacial score (nSPS) is 14.9. The van der Waals surface area contributed by atoms with Crippen molar-refractivity contribution in [3.8, 4) is 0 Å². The molecule has 1 aliphatic rings. The van der Waals surface area contributed by atoms with Crippen molar-refractivity contribution in [2.45, 2.75) is 32.2 Å². The zero-order chi connectivity index (χ0) is 13.0. The molecular weight excluding hydrogens is 230 g/mol. The number of carbonyl (C=O) groups excluding carboxylic acids is 1. The Balaban J connectivity index is 1.78. The topological polar surface area (TPSA) is 66.4 Å². The van der Waals surface area contributed by atoms with Crippen molar-refractivity contribution in [2.75, 3.05) is 0 Å². The van der Waals surface area contributed by atoms with E-state index in [1.807, 2.05) is 0 Å². The summed E-state index contributed by atoms with van der Waals surface area (Å²) in [6.45, 7) is 0.464. The number of carboxylic acids is 1. The molecule has 1 aromatic rings. The van der Waals surface area contributed by atoms with Gasteiger partial charge >= 0.3 is 5.97 Å². The lowest BCUT2D eigenvalue weighted by Crippen LogP contribution is -2.27. The van der Waals surface area contributed by atoms with Crippen LogP contribution >= 0.6 is 0 Å². The highest BCUT2D eigenvalue weighted by Crippen LogP contribution is 2.29. The molecule has 0 radical (unpaired) electrons. The molecule has 2 rings (SSSR count). The second-order valence-corrected chi connectivity index (χ2v) is 4.78. The number of rotatable bonds is 5. The molecule has 1 aromatic carbocycles. The molecule has 0 aromatic heterocycles. The Hall–Kier alpha value is -1.84. The summed E-state index contributed by atoms with van der Waals surface area (Å²) in [5.41, 5.74) is 1.18. The van der Waals surface area contributed by atoms with Gasteiger partial charge in [-0.15, -0.1) is 0 Å². The maximum atomic E-state index is 11.6. The standard InChI is InChI=1S/C14H17NO3/c16-13(8-10-2-1-3-10)15-9-11-4-6-12(7-5-11)14(17)18/h4-7,10H,1-3,8-9H2,(H,15,16)(H,17,18). The van der Waals surface area contributed by atoms with Crippen LogP contribution in [-0.4, -0.2) is 17.0 Å². The van der Waals surface area contributed by atoms with Gasteiger partial charge in [-0.05, 0) is 36.5 Å². The van der Waals surface area contributed by atoms with E-state index in [-0.39, 0.29) is 11.5 Å². The van der Waals surface area contributed by atoms with Gasteiger partial charge in [0.25, 0.3) is 0 Å². The molecule has 2 N–H and O–H groups in total. The number of amides is 1. The Kier molecular flexibility index (Phi) is 3.97. The van der Waals surface area contributed by atoms with E-state index in [0.29, 0.717) is 18.9 Å². The lowest BCUT2D eigenvalue weighted by atomic mass is 9.83. The molecule has 0 atom stereocenters. The molecule has 4 heteroatoms. The van der Waals surface area contributed by atoms with Gasteiger partial charge in [0.15, 0.2) is 0 Å². The van der Waals surface area contributed by atoms with Crippen LogP contribution in [0, 0.1) is 5.92 Å². The predicted octanol–water partition coefficient (Wildman–Crippen LogP) is 2.19. The summed E-state index contributed by atoms with van der Waals surface area (Å²) < 4.78 is 0. The van der Waals surface area contributed by atoms with E-state index < -0.39 is 5.97 Å². The van der Waals surface area contributed by atoms with Crippen LogP contribution in [-0.2, 0) is 11.3 Å². The molecule has 18 heavy (non-hydrogen) atoms. The van der Waals surface area contributed by atoms with Gasteiger partial charge in [0.1, 0.15) is 0 Å². The van der Waals surface area contributed by atoms with E-state index in [4.69, 9.17) is 5.11 Å². The monoisotopic (exact) mass is 247 g/mol. The summed E-state index contributed by atoms with van der Waals surface area (Å²) in [6, 6.07) is 6.56. The number of carbonyl (C=O) groups is 2. The highest BCUT2D eigenvalue weighted by molar-refractivity contribution is 5.87. The van der Waals surface area contributed by atoms with E-state index in [0.717, 1.165) is 5.56 Å². The Morgan fingerprint density at radius 2 is 1.89 bits per heavy atom. The quantitative estimate of drug-likeness (QED) is 0.838. The minimum atomic E-state index is -0.935. The summed E-state index contributed by atoms with van der Waals surface area (Å²) in [6.07, 6.45) is 4.20. The Labute approximate surface area is 106 Å².